The standard InChI is InChI=1S/C19H18FN7O2S/c1-11-4-5-13(9-15(11)30(3,28)29)23-19-21-7-6-16(24-19)27(2)18-14-8-12(20)10-22-17(14)25-26-18/h4-10H,1-3H3,(H,21,23,24)(H,22,25,26). The summed E-state index contributed by atoms with van der Waals surface area (Å²) in [5, 5.41) is 10.5. The van der Waals surface area contributed by atoms with Gasteiger partial charge in [-0.05, 0) is 36.8 Å². The van der Waals surface area contributed by atoms with Gasteiger partial charge in [0.25, 0.3) is 0 Å². The van der Waals surface area contributed by atoms with Gasteiger partial charge in [-0.1, -0.05) is 6.07 Å². The van der Waals surface area contributed by atoms with Crippen molar-refractivity contribution in [1.29, 1.82) is 0 Å². The summed E-state index contributed by atoms with van der Waals surface area (Å²) >= 11 is 0. The first-order chi connectivity index (χ1) is 14.2. The van der Waals surface area contributed by atoms with Crippen molar-refractivity contribution in [2.24, 2.45) is 0 Å². The molecule has 0 unspecified atom stereocenters. The Morgan fingerprint density at radius 2 is 1.97 bits per heavy atom. The number of sulfone groups is 1. The largest absolute Gasteiger partial charge is 0.324 e. The first-order valence-electron chi connectivity index (χ1n) is 8.86. The third-order valence-corrected chi connectivity index (χ3v) is 5.75. The highest BCUT2D eigenvalue weighted by molar-refractivity contribution is 7.90. The van der Waals surface area contributed by atoms with Crippen LogP contribution in [0.2, 0.25) is 0 Å². The molecule has 0 bridgehead atoms. The number of anilines is 4. The molecule has 0 fully saturated rings. The summed E-state index contributed by atoms with van der Waals surface area (Å²) in [5.41, 5.74) is 1.65. The Bertz CT molecular complexity index is 1350. The van der Waals surface area contributed by atoms with Crippen LogP contribution < -0.4 is 10.2 Å². The molecule has 4 aromatic rings. The minimum absolute atomic E-state index is 0.235. The highest BCUT2D eigenvalue weighted by Crippen LogP contribution is 2.28. The van der Waals surface area contributed by atoms with E-state index >= 15 is 0 Å². The summed E-state index contributed by atoms with van der Waals surface area (Å²) in [6, 6.07) is 8.03. The molecular formula is C19H18FN7O2S. The minimum atomic E-state index is -3.36. The Labute approximate surface area is 171 Å². The van der Waals surface area contributed by atoms with E-state index < -0.39 is 15.7 Å². The Morgan fingerprint density at radius 1 is 1.17 bits per heavy atom. The first kappa shape index (κ1) is 19.7. The Morgan fingerprint density at radius 3 is 2.73 bits per heavy atom. The van der Waals surface area contributed by atoms with E-state index in [-0.39, 0.29) is 10.8 Å². The van der Waals surface area contributed by atoms with Crippen LogP contribution in [0, 0.1) is 12.7 Å². The van der Waals surface area contributed by atoms with Crippen molar-refractivity contribution >= 4 is 44.1 Å². The lowest BCUT2D eigenvalue weighted by atomic mass is 10.2. The van der Waals surface area contributed by atoms with E-state index in [9.17, 15) is 12.8 Å². The maximum Gasteiger partial charge on any atom is 0.229 e. The van der Waals surface area contributed by atoms with Crippen LogP contribution in [0.4, 0.5) is 27.7 Å². The fraction of sp³-hybridized carbons (Fsp3) is 0.158. The molecule has 3 heterocycles. The highest BCUT2D eigenvalue weighted by Gasteiger charge is 2.16. The average Bonchev–Trinajstić information content (AvgIpc) is 3.11. The molecule has 0 aliphatic heterocycles. The van der Waals surface area contributed by atoms with Gasteiger partial charge in [-0.3, -0.25) is 5.10 Å². The zero-order valence-corrected chi connectivity index (χ0v) is 17.2. The molecular weight excluding hydrogens is 409 g/mol. The van der Waals surface area contributed by atoms with E-state index in [0.717, 1.165) is 12.5 Å². The molecule has 0 radical (unpaired) electrons. The van der Waals surface area contributed by atoms with Crippen molar-refractivity contribution in [3.8, 4) is 0 Å². The minimum Gasteiger partial charge on any atom is -0.324 e. The van der Waals surface area contributed by atoms with Gasteiger partial charge in [0.1, 0.15) is 11.6 Å². The van der Waals surface area contributed by atoms with Crippen LogP contribution in [0.1, 0.15) is 5.56 Å². The number of nitrogens with zero attached hydrogens (tertiary/aromatic N) is 5. The lowest BCUT2D eigenvalue weighted by Crippen LogP contribution is -2.13. The topological polar surface area (TPSA) is 117 Å². The van der Waals surface area contributed by atoms with Gasteiger partial charge in [-0.2, -0.15) is 10.1 Å². The summed E-state index contributed by atoms with van der Waals surface area (Å²) in [6.07, 6.45) is 3.83. The number of pyridine rings is 1. The van der Waals surface area contributed by atoms with Crippen molar-refractivity contribution in [3.05, 3.63) is 54.1 Å². The molecule has 0 spiro atoms. The summed E-state index contributed by atoms with van der Waals surface area (Å²) in [5.74, 6) is 0.758. The van der Waals surface area contributed by atoms with E-state index in [1.165, 1.54) is 6.07 Å². The Kier molecular flexibility index (Phi) is 4.82. The molecule has 0 saturated heterocycles. The van der Waals surface area contributed by atoms with Crippen molar-refractivity contribution in [1.82, 2.24) is 25.1 Å². The molecule has 0 saturated carbocycles. The number of aryl methyl sites for hydroxylation is 1. The van der Waals surface area contributed by atoms with E-state index in [1.807, 2.05) is 0 Å². The van der Waals surface area contributed by atoms with Crippen LogP contribution in [-0.2, 0) is 9.84 Å². The molecule has 0 atom stereocenters. The van der Waals surface area contributed by atoms with Gasteiger partial charge in [0.05, 0.1) is 16.5 Å². The van der Waals surface area contributed by atoms with Crippen LogP contribution >= 0.6 is 0 Å². The number of aromatic amines is 1. The number of hydrogen-bond donors (Lipinski definition) is 2. The number of fused-ring (bicyclic) bond motifs is 1. The molecule has 0 aliphatic carbocycles. The number of aromatic nitrogens is 5. The van der Waals surface area contributed by atoms with Crippen molar-refractivity contribution in [3.63, 3.8) is 0 Å². The molecule has 11 heteroatoms. The molecule has 1 aromatic carbocycles. The fourth-order valence-corrected chi connectivity index (χ4v) is 4.03. The van der Waals surface area contributed by atoms with Crippen molar-refractivity contribution in [2.75, 3.05) is 23.5 Å². The van der Waals surface area contributed by atoms with E-state index in [2.05, 4.69) is 30.5 Å². The summed E-state index contributed by atoms with van der Waals surface area (Å²) in [4.78, 5) is 14.5. The van der Waals surface area contributed by atoms with E-state index in [4.69, 9.17) is 0 Å². The van der Waals surface area contributed by atoms with Crippen LogP contribution in [0.3, 0.4) is 0 Å². The van der Waals surface area contributed by atoms with Crippen LogP contribution in [0.25, 0.3) is 11.0 Å². The monoisotopic (exact) mass is 427 g/mol. The molecule has 0 amide bonds. The third-order valence-electron chi connectivity index (χ3n) is 4.51. The van der Waals surface area contributed by atoms with Crippen LogP contribution in [-0.4, -0.2) is 46.9 Å². The SMILES string of the molecule is Cc1ccc(Nc2nccc(N(C)c3n[nH]c4ncc(F)cc34)n2)cc1S(C)(=O)=O. The van der Waals surface area contributed by atoms with E-state index in [1.54, 1.807) is 49.3 Å². The Balaban J connectivity index is 1.65. The average molecular weight is 427 g/mol. The fourth-order valence-electron chi connectivity index (χ4n) is 3.03. The predicted molar refractivity (Wildman–Crippen MR) is 112 cm³/mol. The molecule has 9 nitrogen and oxygen atoms in total. The normalized spacial score (nSPS) is 11.6. The van der Waals surface area contributed by atoms with Gasteiger partial charge in [0.15, 0.2) is 21.3 Å². The number of benzene rings is 1. The van der Waals surface area contributed by atoms with Gasteiger partial charge in [-0.25, -0.2) is 22.8 Å². The number of halogens is 1. The first-order valence-corrected chi connectivity index (χ1v) is 10.8. The van der Waals surface area contributed by atoms with Crippen LogP contribution in [0.15, 0.2) is 47.6 Å². The molecule has 30 heavy (non-hydrogen) atoms. The van der Waals surface area contributed by atoms with Crippen molar-refractivity contribution < 1.29 is 12.8 Å². The number of H-pyrrole nitrogens is 1. The predicted octanol–water partition coefficient (Wildman–Crippen LogP) is 3.11. The van der Waals surface area contributed by atoms with Gasteiger partial charge in [0.2, 0.25) is 5.95 Å². The second kappa shape index (κ2) is 7.34. The molecule has 154 valence electrons. The quantitative estimate of drug-likeness (QED) is 0.499. The zero-order chi connectivity index (χ0) is 21.5. The zero-order valence-electron chi connectivity index (χ0n) is 16.4. The number of hydrogen-bond acceptors (Lipinski definition) is 8. The Hall–Kier alpha value is -3.60. The smallest absolute Gasteiger partial charge is 0.229 e. The van der Waals surface area contributed by atoms with Gasteiger partial charge >= 0.3 is 0 Å². The van der Waals surface area contributed by atoms with Crippen LogP contribution in [0.5, 0.6) is 0 Å². The van der Waals surface area contributed by atoms with Gasteiger partial charge in [0, 0.05) is 25.2 Å². The summed E-state index contributed by atoms with van der Waals surface area (Å²) < 4.78 is 37.5. The maximum atomic E-state index is 13.6. The third kappa shape index (κ3) is 3.79. The highest BCUT2D eigenvalue weighted by atomic mass is 32.2. The maximum absolute atomic E-state index is 13.6. The lowest BCUT2D eigenvalue weighted by molar-refractivity contribution is 0.601. The number of nitrogens with one attached hydrogen (secondary N) is 2. The summed E-state index contributed by atoms with van der Waals surface area (Å²) in [7, 11) is -1.62. The number of rotatable bonds is 5. The van der Waals surface area contributed by atoms with Gasteiger partial charge in [-0.15, -0.1) is 0 Å². The molecule has 3 aromatic heterocycles. The van der Waals surface area contributed by atoms with E-state index in [0.29, 0.717) is 33.9 Å². The molecule has 2 N–H and O–H groups in total. The second-order valence-corrected chi connectivity index (χ2v) is 8.76. The molecule has 0 aliphatic rings. The van der Waals surface area contributed by atoms with Gasteiger partial charge < -0.3 is 10.2 Å². The molecule has 4 rings (SSSR count). The second-order valence-electron chi connectivity index (χ2n) is 6.77. The summed E-state index contributed by atoms with van der Waals surface area (Å²) in [6.45, 7) is 1.73. The lowest BCUT2D eigenvalue weighted by Gasteiger charge is -2.16. The van der Waals surface area contributed by atoms with Crippen molar-refractivity contribution in [2.45, 2.75) is 11.8 Å².